The summed E-state index contributed by atoms with van der Waals surface area (Å²) in [5.41, 5.74) is -0.990. The predicted octanol–water partition coefficient (Wildman–Crippen LogP) is 0.425. The molecule has 0 aromatic heterocycles. The molecule has 0 spiro atoms. The zero-order valence-corrected chi connectivity index (χ0v) is 7.56. The smallest absolute Gasteiger partial charge is 0.264 e. The zero-order chi connectivity index (χ0) is 9.12. The molecule has 0 radical (unpaired) electrons. The average Bonchev–Trinajstić information content (AvgIpc) is 1.83. The summed E-state index contributed by atoms with van der Waals surface area (Å²) in [4.78, 5) is 0. The highest BCUT2D eigenvalue weighted by atomic mass is 32.2. The van der Waals surface area contributed by atoms with E-state index in [0.29, 0.717) is 6.42 Å². The monoisotopic (exact) mass is 182 g/mol. The fourth-order valence-corrected chi connectivity index (χ4v) is 1.22. The van der Waals surface area contributed by atoms with Gasteiger partial charge in [-0.15, -0.1) is 0 Å². The first-order valence-electron chi connectivity index (χ1n) is 3.44. The molecule has 68 valence electrons. The molecular weight excluding hydrogens is 168 g/mol. The molecule has 0 heterocycles. The summed E-state index contributed by atoms with van der Waals surface area (Å²) in [5.74, 6) is -0.381. The molecule has 0 aromatic carbocycles. The molecule has 0 bridgehead atoms. The summed E-state index contributed by atoms with van der Waals surface area (Å²) >= 11 is 0. The first-order chi connectivity index (χ1) is 4.77. The largest absolute Gasteiger partial charge is 0.390 e. The fourth-order valence-electron chi connectivity index (χ4n) is 0.526. The van der Waals surface area contributed by atoms with Crippen LogP contribution in [0.5, 0.6) is 0 Å². The normalized spacial score (nSPS) is 17.8. The summed E-state index contributed by atoms with van der Waals surface area (Å²) < 4.78 is 28.8. The second kappa shape index (κ2) is 3.51. The van der Waals surface area contributed by atoms with Crippen LogP contribution in [0.15, 0.2) is 0 Å². The highest BCUT2D eigenvalue weighted by molar-refractivity contribution is 7.85. The molecule has 1 unspecified atom stereocenters. The SMILES string of the molecule is CCC(C)(O)CCS(=O)(=O)O. The van der Waals surface area contributed by atoms with E-state index in [4.69, 9.17) is 4.55 Å². The third-order valence-corrected chi connectivity index (χ3v) is 2.38. The molecule has 0 rings (SSSR count). The van der Waals surface area contributed by atoms with E-state index in [-0.39, 0.29) is 12.2 Å². The summed E-state index contributed by atoms with van der Waals surface area (Å²) in [6.45, 7) is 3.29. The maximum absolute atomic E-state index is 10.2. The van der Waals surface area contributed by atoms with Gasteiger partial charge in [-0.3, -0.25) is 4.55 Å². The highest BCUT2D eigenvalue weighted by Crippen LogP contribution is 2.13. The van der Waals surface area contributed by atoms with Crippen LogP contribution in [-0.2, 0) is 10.1 Å². The number of aliphatic hydroxyl groups is 1. The van der Waals surface area contributed by atoms with Crippen molar-refractivity contribution in [2.75, 3.05) is 5.75 Å². The van der Waals surface area contributed by atoms with E-state index in [1.54, 1.807) is 6.92 Å². The minimum atomic E-state index is -3.93. The summed E-state index contributed by atoms with van der Waals surface area (Å²) in [7, 11) is -3.93. The third-order valence-electron chi connectivity index (χ3n) is 1.66. The zero-order valence-electron chi connectivity index (χ0n) is 6.74. The Balaban J connectivity index is 3.90. The molecule has 0 aliphatic heterocycles. The van der Waals surface area contributed by atoms with Crippen LogP contribution in [0, 0.1) is 0 Å². The van der Waals surface area contributed by atoms with Gasteiger partial charge in [0.25, 0.3) is 10.1 Å². The van der Waals surface area contributed by atoms with E-state index in [0.717, 1.165) is 0 Å². The Labute approximate surface area is 67.0 Å². The van der Waals surface area contributed by atoms with Gasteiger partial charge in [0.15, 0.2) is 0 Å². The molecule has 0 saturated heterocycles. The molecule has 4 nitrogen and oxygen atoms in total. The van der Waals surface area contributed by atoms with Gasteiger partial charge in [0.1, 0.15) is 0 Å². The van der Waals surface area contributed by atoms with Gasteiger partial charge in [0, 0.05) is 0 Å². The van der Waals surface area contributed by atoms with Gasteiger partial charge >= 0.3 is 0 Å². The molecule has 0 fully saturated rings. The molecule has 0 aromatic rings. The van der Waals surface area contributed by atoms with Gasteiger partial charge in [-0.1, -0.05) is 6.92 Å². The van der Waals surface area contributed by atoms with Crippen molar-refractivity contribution in [3.05, 3.63) is 0 Å². The van der Waals surface area contributed by atoms with Crippen LogP contribution in [0.3, 0.4) is 0 Å². The highest BCUT2D eigenvalue weighted by Gasteiger charge is 2.20. The van der Waals surface area contributed by atoms with Crippen molar-refractivity contribution >= 4 is 10.1 Å². The Hall–Kier alpha value is -0.130. The quantitative estimate of drug-likeness (QED) is 0.618. The van der Waals surface area contributed by atoms with Crippen molar-refractivity contribution in [1.29, 1.82) is 0 Å². The predicted molar refractivity (Wildman–Crippen MR) is 41.9 cm³/mol. The maximum Gasteiger partial charge on any atom is 0.264 e. The lowest BCUT2D eigenvalue weighted by Crippen LogP contribution is -2.26. The van der Waals surface area contributed by atoms with Gasteiger partial charge in [0.2, 0.25) is 0 Å². The van der Waals surface area contributed by atoms with Crippen molar-refractivity contribution in [2.45, 2.75) is 32.3 Å². The molecule has 0 saturated carbocycles. The molecule has 5 heteroatoms. The van der Waals surface area contributed by atoms with Gasteiger partial charge in [0.05, 0.1) is 11.4 Å². The lowest BCUT2D eigenvalue weighted by atomic mass is 10.0. The van der Waals surface area contributed by atoms with E-state index in [1.807, 2.05) is 0 Å². The van der Waals surface area contributed by atoms with Crippen LogP contribution in [0.4, 0.5) is 0 Å². The first kappa shape index (κ1) is 10.9. The van der Waals surface area contributed by atoms with E-state index in [9.17, 15) is 13.5 Å². The Morgan fingerprint density at radius 1 is 1.45 bits per heavy atom. The first-order valence-corrected chi connectivity index (χ1v) is 5.05. The van der Waals surface area contributed by atoms with Crippen molar-refractivity contribution in [1.82, 2.24) is 0 Å². The average molecular weight is 182 g/mol. The summed E-state index contributed by atoms with van der Waals surface area (Å²) in [5, 5.41) is 9.31. The second-order valence-corrected chi connectivity index (χ2v) is 4.46. The Kier molecular flexibility index (Phi) is 3.47. The van der Waals surface area contributed by atoms with Crippen LogP contribution < -0.4 is 0 Å². The van der Waals surface area contributed by atoms with Crippen LogP contribution in [0.25, 0.3) is 0 Å². The van der Waals surface area contributed by atoms with Crippen LogP contribution in [-0.4, -0.2) is 29.4 Å². The Bertz CT molecular complexity index is 205. The molecule has 11 heavy (non-hydrogen) atoms. The standard InChI is InChI=1S/C6H14O4S/c1-3-6(2,7)4-5-11(8,9)10/h7H,3-5H2,1-2H3,(H,8,9,10). The van der Waals surface area contributed by atoms with Crippen molar-refractivity contribution < 1.29 is 18.1 Å². The van der Waals surface area contributed by atoms with Crippen molar-refractivity contribution in [2.24, 2.45) is 0 Å². The molecular formula is C6H14O4S. The molecule has 2 N–H and O–H groups in total. The van der Waals surface area contributed by atoms with E-state index < -0.39 is 15.7 Å². The van der Waals surface area contributed by atoms with Gasteiger partial charge < -0.3 is 5.11 Å². The van der Waals surface area contributed by atoms with Gasteiger partial charge in [-0.2, -0.15) is 8.42 Å². The third kappa shape index (κ3) is 6.28. The topological polar surface area (TPSA) is 74.6 Å². The molecule has 0 aliphatic carbocycles. The van der Waals surface area contributed by atoms with E-state index in [1.165, 1.54) is 6.92 Å². The molecule has 1 atom stereocenters. The second-order valence-electron chi connectivity index (χ2n) is 2.89. The number of hydrogen-bond acceptors (Lipinski definition) is 3. The molecule has 0 amide bonds. The summed E-state index contributed by atoms with van der Waals surface area (Å²) in [6, 6.07) is 0. The minimum absolute atomic E-state index is 0.0718. The lowest BCUT2D eigenvalue weighted by molar-refractivity contribution is 0.0524. The lowest BCUT2D eigenvalue weighted by Gasteiger charge is -2.19. The van der Waals surface area contributed by atoms with Crippen molar-refractivity contribution in [3.63, 3.8) is 0 Å². The van der Waals surface area contributed by atoms with Crippen molar-refractivity contribution in [3.8, 4) is 0 Å². The Morgan fingerprint density at radius 3 is 2.18 bits per heavy atom. The number of hydrogen-bond donors (Lipinski definition) is 2. The fraction of sp³-hybridized carbons (Fsp3) is 1.00. The van der Waals surface area contributed by atoms with Gasteiger partial charge in [-0.05, 0) is 19.8 Å². The Morgan fingerprint density at radius 2 is 1.91 bits per heavy atom. The summed E-state index contributed by atoms with van der Waals surface area (Å²) in [6.07, 6.45) is 0.546. The van der Waals surface area contributed by atoms with E-state index >= 15 is 0 Å². The van der Waals surface area contributed by atoms with Crippen LogP contribution in [0.2, 0.25) is 0 Å². The number of rotatable bonds is 4. The van der Waals surface area contributed by atoms with Crippen LogP contribution >= 0.6 is 0 Å². The van der Waals surface area contributed by atoms with E-state index in [2.05, 4.69) is 0 Å². The van der Waals surface area contributed by atoms with Crippen LogP contribution in [0.1, 0.15) is 26.7 Å². The minimum Gasteiger partial charge on any atom is -0.390 e. The maximum atomic E-state index is 10.2. The van der Waals surface area contributed by atoms with Gasteiger partial charge in [-0.25, -0.2) is 0 Å². The molecule has 0 aliphatic rings.